The van der Waals surface area contributed by atoms with Gasteiger partial charge in [-0.25, -0.2) is 0 Å². The highest BCUT2D eigenvalue weighted by Crippen LogP contribution is 2.45. The van der Waals surface area contributed by atoms with Gasteiger partial charge in [-0.1, -0.05) is 12.8 Å². The van der Waals surface area contributed by atoms with E-state index in [1.807, 2.05) is 0 Å². The lowest BCUT2D eigenvalue weighted by atomic mass is 9.86. The number of rotatable bonds is 4. The SMILES string of the molecule is CCNC(=NCC1CCN(CC(F)(F)F)C1)N1CCC2(CCCC2)C1. The highest BCUT2D eigenvalue weighted by molar-refractivity contribution is 5.80. The van der Waals surface area contributed by atoms with Crippen LogP contribution in [-0.2, 0) is 0 Å². The number of guanidine groups is 1. The average Bonchev–Trinajstić information content (AvgIpc) is 3.26. The number of nitrogens with zero attached hydrogens (tertiary/aromatic N) is 3. The maximum atomic E-state index is 12.5. The van der Waals surface area contributed by atoms with Gasteiger partial charge in [0.25, 0.3) is 0 Å². The second-order valence-electron chi connectivity index (χ2n) is 8.08. The fraction of sp³-hybridized carbons (Fsp3) is 0.944. The maximum absolute atomic E-state index is 12.5. The van der Waals surface area contributed by atoms with Crippen LogP contribution in [0.4, 0.5) is 13.2 Å². The summed E-state index contributed by atoms with van der Waals surface area (Å²) in [6.07, 6.45) is 3.31. The summed E-state index contributed by atoms with van der Waals surface area (Å²) in [7, 11) is 0. The molecule has 144 valence electrons. The zero-order chi connectivity index (χ0) is 17.9. The van der Waals surface area contributed by atoms with Crippen molar-refractivity contribution >= 4 is 5.96 Å². The highest BCUT2D eigenvalue weighted by Gasteiger charge is 2.41. The first kappa shape index (κ1) is 18.8. The predicted octanol–water partition coefficient (Wildman–Crippen LogP) is 3.10. The number of likely N-dealkylation sites (tertiary alicyclic amines) is 2. The fourth-order valence-electron chi connectivity index (χ4n) is 4.75. The van der Waals surface area contributed by atoms with E-state index in [4.69, 9.17) is 4.99 Å². The van der Waals surface area contributed by atoms with Crippen molar-refractivity contribution in [1.82, 2.24) is 15.1 Å². The first-order valence-corrected chi connectivity index (χ1v) is 9.71. The fourth-order valence-corrected chi connectivity index (χ4v) is 4.75. The molecule has 4 nitrogen and oxygen atoms in total. The van der Waals surface area contributed by atoms with Crippen LogP contribution in [0.3, 0.4) is 0 Å². The molecule has 3 rings (SSSR count). The summed E-state index contributed by atoms with van der Waals surface area (Å²) in [4.78, 5) is 8.67. The van der Waals surface area contributed by atoms with Gasteiger partial charge in [-0.15, -0.1) is 0 Å². The summed E-state index contributed by atoms with van der Waals surface area (Å²) < 4.78 is 37.5. The molecule has 2 saturated heterocycles. The van der Waals surface area contributed by atoms with Gasteiger partial charge in [0.1, 0.15) is 0 Å². The normalized spacial score (nSPS) is 27.6. The van der Waals surface area contributed by atoms with Crippen molar-refractivity contribution in [3.63, 3.8) is 0 Å². The molecule has 0 amide bonds. The van der Waals surface area contributed by atoms with Gasteiger partial charge in [0.05, 0.1) is 6.54 Å². The van der Waals surface area contributed by atoms with Gasteiger partial charge in [0.2, 0.25) is 0 Å². The molecule has 25 heavy (non-hydrogen) atoms. The molecule has 0 aromatic carbocycles. The third kappa shape index (κ3) is 5.02. The van der Waals surface area contributed by atoms with Crippen LogP contribution in [0.1, 0.15) is 45.4 Å². The first-order chi connectivity index (χ1) is 11.9. The lowest BCUT2D eigenvalue weighted by Crippen LogP contribution is -2.41. The van der Waals surface area contributed by atoms with Gasteiger partial charge in [-0.3, -0.25) is 9.89 Å². The van der Waals surface area contributed by atoms with E-state index in [1.165, 1.54) is 37.0 Å². The van der Waals surface area contributed by atoms with E-state index >= 15 is 0 Å². The van der Waals surface area contributed by atoms with Crippen LogP contribution in [0.25, 0.3) is 0 Å². The highest BCUT2D eigenvalue weighted by atomic mass is 19.4. The molecule has 3 fully saturated rings. The minimum absolute atomic E-state index is 0.235. The molecular weight excluding hydrogens is 329 g/mol. The molecule has 1 aliphatic carbocycles. The molecule has 2 aliphatic heterocycles. The van der Waals surface area contributed by atoms with Gasteiger partial charge in [0, 0.05) is 32.7 Å². The quantitative estimate of drug-likeness (QED) is 0.617. The Morgan fingerprint density at radius 2 is 1.96 bits per heavy atom. The molecule has 1 N–H and O–H groups in total. The number of hydrogen-bond donors (Lipinski definition) is 1. The molecule has 1 atom stereocenters. The van der Waals surface area contributed by atoms with Gasteiger partial charge < -0.3 is 10.2 Å². The van der Waals surface area contributed by atoms with Crippen molar-refractivity contribution in [2.45, 2.75) is 51.6 Å². The third-order valence-electron chi connectivity index (χ3n) is 6.01. The maximum Gasteiger partial charge on any atom is 0.401 e. The van der Waals surface area contributed by atoms with Crippen LogP contribution in [0.15, 0.2) is 4.99 Å². The van der Waals surface area contributed by atoms with Crippen LogP contribution in [-0.4, -0.2) is 67.7 Å². The van der Waals surface area contributed by atoms with Crippen molar-refractivity contribution in [2.24, 2.45) is 16.3 Å². The molecule has 0 aromatic rings. The Morgan fingerprint density at radius 1 is 1.20 bits per heavy atom. The van der Waals surface area contributed by atoms with Crippen LogP contribution >= 0.6 is 0 Å². The Morgan fingerprint density at radius 3 is 2.64 bits per heavy atom. The number of halogens is 3. The summed E-state index contributed by atoms with van der Waals surface area (Å²) in [6, 6.07) is 0. The first-order valence-electron chi connectivity index (χ1n) is 9.71. The van der Waals surface area contributed by atoms with Gasteiger partial charge in [0.15, 0.2) is 5.96 Å². The van der Waals surface area contributed by atoms with E-state index in [2.05, 4.69) is 17.1 Å². The number of alkyl halides is 3. The Balaban J connectivity index is 1.53. The van der Waals surface area contributed by atoms with Gasteiger partial charge in [-0.2, -0.15) is 13.2 Å². The number of hydrogen-bond acceptors (Lipinski definition) is 2. The second kappa shape index (κ2) is 7.72. The van der Waals surface area contributed by atoms with Crippen molar-refractivity contribution in [2.75, 3.05) is 45.8 Å². The molecule has 3 aliphatic rings. The molecule has 1 unspecified atom stereocenters. The molecule has 7 heteroatoms. The largest absolute Gasteiger partial charge is 0.401 e. The summed E-state index contributed by atoms with van der Waals surface area (Å²) in [5.74, 6) is 1.19. The van der Waals surface area contributed by atoms with Gasteiger partial charge in [-0.05, 0) is 50.5 Å². The average molecular weight is 360 g/mol. The van der Waals surface area contributed by atoms with Crippen molar-refractivity contribution in [3.8, 4) is 0 Å². The van der Waals surface area contributed by atoms with Crippen LogP contribution in [0.2, 0.25) is 0 Å². The summed E-state index contributed by atoms with van der Waals surface area (Å²) in [6.45, 7) is 5.91. The monoisotopic (exact) mass is 360 g/mol. The molecule has 1 saturated carbocycles. The molecule has 0 radical (unpaired) electrons. The summed E-state index contributed by atoms with van der Waals surface area (Å²) >= 11 is 0. The van der Waals surface area contributed by atoms with E-state index < -0.39 is 12.7 Å². The van der Waals surface area contributed by atoms with Crippen LogP contribution in [0, 0.1) is 11.3 Å². The van der Waals surface area contributed by atoms with Crippen LogP contribution in [0.5, 0.6) is 0 Å². The number of aliphatic imine (C=N–C) groups is 1. The Kier molecular flexibility index (Phi) is 5.81. The minimum atomic E-state index is -4.10. The number of nitrogens with one attached hydrogen (secondary N) is 1. The molecule has 2 heterocycles. The smallest absolute Gasteiger partial charge is 0.357 e. The van der Waals surface area contributed by atoms with E-state index in [1.54, 1.807) is 0 Å². The van der Waals surface area contributed by atoms with E-state index in [-0.39, 0.29) is 5.92 Å². The van der Waals surface area contributed by atoms with Crippen molar-refractivity contribution in [1.29, 1.82) is 0 Å². The summed E-state index contributed by atoms with van der Waals surface area (Å²) in [5.41, 5.74) is 0.493. The second-order valence-corrected chi connectivity index (χ2v) is 8.08. The standard InChI is InChI=1S/C18H31F3N4/c1-2-22-16(25-10-8-17(13-25)6-3-4-7-17)23-11-15-5-9-24(12-15)14-18(19,20)21/h15H,2-14H2,1H3,(H,22,23). The van der Waals surface area contributed by atoms with E-state index in [0.717, 1.165) is 32.0 Å². The lowest BCUT2D eigenvalue weighted by molar-refractivity contribution is -0.143. The van der Waals surface area contributed by atoms with Gasteiger partial charge >= 0.3 is 6.18 Å². The summed E-state index contributed by atoms with van der Waals surface area (Å²) in [5, 5.41) is 3.39. The van der Waals surface area contributed by atoms with E-state index in [0.29, 0.717) is 25.0 Å². The Hall–Kier alpha value is -0.980. The van der Waals surface area contributed by atoms with Crippen LogP contribution < -0.4 is 5.32 Å². The lowest BCUT2D eigenvalue weighted by Gasteiger charge is -2.26. The molecule has 0 bridgehead atoms. The zero-order valence-electron chi connectivity index (χ0n) is 15.2. The van der Waals surface area contributed by atoms with Crippen molar-refractivity contribution < 1.29 is 13.2 Å². The molecule has 1 spiro atoms. The molecule has 0 aromatic heterocycles. The van der Waals surface area contributed by atoms with Crippen molar-refractivity contribution in [3.05, 3.63) is 0 Å². The van der Waals surface area contributed by atoms with E-state index in [9.17, 15) is 13.2 Å². The topological polar surface area (TPSA) is 30.9 Å². The minimum Gasteiger partial charge on any atom is -0.357 e. The molecular formula is C18H31F3N4. The predicted molar refractivity (Wildman–Crippen MR) is 93.7 cm³/mol. The third-order valence-corrected chi connectivity index (χ3v) is 6.01. The Labute approximate surface area is 148 Å². The Bertz CT molecular complexity index is 471. The zero-order valence-corrected chi connectivity index (χ0v) is 15.2.